The van der Waals surface area contributed by atoms with Crippen molar-refractivity contribution >= 4 is 5.91 Å². The number of likely N-dealkylation sites (tertiary alicyclic amines) is 1. The molecular weight excluding hydrogens is 138 g/mol. The van der Waals surface area contributed by atoms with Crippen molar-refractivity contribution < 1.29 is 4.79 Å². The van der Waals surface area contributed by atoms with E-state index in [1.54, 1.807) is 0 Å². The smallest absolute Gasteiger partial charge is 0.245 e. The van der Waals surface area contributed by atoms with Gasteiger partial charge in [-0.05, 0) is 18.4 Å². The van der Waals surface area contributed by atoms with Crippen molar-refractivity contribution in [1.29, 1.82) is 0 Å². The van der Waals surface area contributed by atoms with E-state index in [-0.39, 0.29) is 5.91 Å². The molecule has 0 N–H and O–H groups in total. The van der Waals surface area contributed by atoms with Gasteiger partial charge in [-0.1, -0.05) is 19.9 Å². The molecule has 11 heavy (non-hydrogen) atoms. The summed E-state index contributed by atoms with van der Waals surface area (Å²) in [5.41, 5.74) is 0. The Labute approximate surface area is 67.9 Å². The molecule has 1 atom stereocenters. The first-order valence-corrected chi connectivity index (χ1v) is 4.19. The monoisotopic (exact) mass is 153 g/mol. The number of nitrogens with zero attached hydrogens (tertiary/aromatic N) is 1. The van der Waals surface area contributed by atoms with E-state index in [0.717, 1.165) is 25.4 Å². The number of carbonyl (C=O) groups is 1. The molecule has 0 bridgehead atoms. The Morgan fingerprint density at radius 2 is 2.55 bits per heavy atom. The molecule has 0 radical (unpaired) electrons. The molecular formula is C9H15NO. The normalized spacial score (nSPS) is 23.7. The van der Waals surface area contributed by atoms with E-state index in [4.69, 9.17) is 0 Å². The fourth-order valence-corrected chi connectivity index (χ4v) is 1.50. The Hall–Kier alpha value is -0.790. The van der Waals surface area contributed by atoms with Crippen LogP contribution in [0, 0.1) is 5.92 Å². The molecule has 2 nitrogen and oxygen atoms in total. The number of hydrogen-bond acceptors (Lipinski definition) is 1. The minimum atomic E-state index is 0.0842. The van der Waals surface area contributed by atoms with E-state index in [0.29, 0.717) is 0 Å². The molecule has 0 spiro atoms. The molecule has 1 fully saturated rings. The fraction of sp³-hybridized carbons (Fsp3) is 0.667. The zero-order valence-electron chi connectivity index (χ0n) is 7.05. The highest BCUT2D eigenvalue weighted by Crippen LogP contribution is 2.18. The second-order valence-corrected chi connectivity index (χ2v) is 3.05. The van der Waals surface area contributed by atoms with E-state index in [2.05, 4.69) is 13.5 Å². The van der Waals surface area contributed by atoms with Gasteiger partial charge in [0.05, 0.1) is 0 Å². The average Bonchev–Trinajstić information content (AvgIpc) is 2.50. The molecule has 0 aromatic rings. The molecule has 1 saturated heterocycles. The van der Waals surface area contributed by atoms with Gasteiger partial charge in [0.1, 0.15) is 0 Å². The molecule has 1 aliphatic heterocycles. The molecule has 0 saturated carbocycles. The Morgan fingerprint density at radius 3 is 3.00 bits per heavy atom. The SMILES string of the molecule is C=CC(=O)N1CC[C@H](CC)C1. The van der Waals surface area contributed by atoms with Gasteiger partial charge in [-0.25, -0.2) is 0 Å². The third-order valence-corrected chi connectivity index (χ3v) is 2.35. The minimum Gasteiger partial charge on any atom is -0.339 e. The van der Waals surface area contributed by atoms with Gasteiger partial charge in [-0.15, -0.1) is 0 Å². The lowest BCUT2D eigenvalue weighted by molar-refractivity contribution is -0.125. The molecule has 1 heterocycles. The van der Waals surface area contributed by atoms with Crippen LogP contribution in [0.1, 0.15) is 19.8 Å². The van der Waals surface area contributed by atoms with Gasteiger partial charge in [0.2, 0.25) is 5.91 Å². The van der Waals surface area contributed by atoms with Crippen LogP contribution in [0.15, 0.2) is 12.7 Å². The van der Waals surface area contributed by atoms with Crippen molar-refractivity contribution in [2.24, 2.45) is 5.92 Å². The third-order valence-electron chi connectivity index (χ3n) is 2.35. The quantitative estimate of drug-likeness (QED) is 0.549. The summed E-state index contributed by atoms with van der Waals surface area (Å²) in [5, 5.41) is 0. The van der Waals surface area contributed by atoms with Crippen LogP contribution in [0.5, 0.6) is 0 Å². The van der Waals surface area contributed by atoms with E-state index < -0.39 is 0 Å². The summed E-state index contributed by atoms with van der Waals surface area (Å²) in [5.74, 6) is 0.805. The van der Waals surface area contributed by atoms with Crippen LogP contribution in [0.3, 0.4) is 0 Å². The van der Waals surface area contributed by atoms with Crippen molar-refractivity contribution in [3.63, 3.8) is 0 Å². The van der Waals surface area contributed by atoms with Crippen molar-refractivity contribution in [2.75, 3.05) is 13.1 Å². The topological polar surface area (TPSA) is 20.3 Å². The molecule has 1 aliphatic rings. The van der Waals surface area contributed by atoms with Gasteiger partial charge in [-0.2, -0.15) is 0 Å². The summed E-state index contributed by atoms with van der Waals surface area (Å²) in [6, 6.07) is 0. The molecule has 0 aromatic heterocycles. The first-order valence-electron chi connectivity index (χ1n) is 4.19. The van der Waals surface area contributed by atoms with Gasteiger partial charge >= 0.3 is 0 Å². The molecule has 1 rings (SSSR count). The Morgan fingerprint density at radius 1 is 1.82 bits per heavy atom. The lowest BCUT2D eigenvalue weighted by atomic mass is 10.1. The fourth-order valence-electron chi connectivity index (χ4n) is 1.50. The van der Waals surface area contributed by atoms with E-state index in [1.807, 2.05) is 4.90 Å². The number of amides is 1. The van der Waals surface area contributed by atoms with Gasteiger partial charge in [0.25, 0.3) is 0 Å². The maximum atomic E-state index is 11.1. The molecule has 62 valence electrons. The zero-order valence-corrected chi connectivity index (χ0v) is 7.05. The lowest BCUT2D eigenvalue weighted by Gasteiger charge is -2.12. The summed E-state index contributed by atoms with van der Waals surface area (Å²) < 4.78 is 0. The second-order valence-electron chi connectivity index (χ2n) is 3.05. The van der Waals surface area contributed by atoms with E-state index in [9.17, 15) is 4.79 Å². The predicted molar refractivity (Wildman–Crippen MR) is 45.2 cm³/mol. The van der Waals surface area contributed by atoms with Crippen LogP contribution >= 0.6 is 0 Å². The maximum absolute atomic E-state index is 11.1. The van der Waals surface area contributed by atoms with Gasteiger partial charge in [-0.3, -0.25) is 4.79 Å². The van der Waals surface area contributed by atoms with Crippen LogP contribution in [0.4, 0.5) is 0 Å². The molecule has 0 aromatic carbocycles. The second kappa shape index (κ2) is 3.56. The van der Waals surface area contributed by atoms with Gasteiger partial charge < -0.3 is 4.90 Å². The summed E-state index contributed by atoms with van der Waals surface area (Å²) >= 11 is 0. The van der Waals surface area contributed by atoms with Crippen LogP contribution < -0.4 is 0 Å². The Balaban J connectivity index is 2.41. The summed E-state index contributed by atoms with van der Waals surface area (Å²) in [7, 11) is 0. The van der Waals surface area contributed by atoms with Crippen LogP contribution in [-0.2, 0) is 4.79 Å². The van der Waals surface area contributed by atoms with E-state index >= 15 is 0 Å². The van der Waals surface area contributed by atoms with E-state index in [1.165, 1.54) is 12.5 Å². The number of carbonyl (C=O) groups excluding carboxylic acids is 1. The first-order chi connectivity index (χ1) is 5.27. The molecule has 0 aliphatic carbocycles. The molecule has 1 amide bonds. The Kier molecular flexibility index (Phi) is 2.69. The van der Waals surface area contributed by atoms with Crippen LogP contribution in [0.2, 0.25) is 0 Å². The average molecular weight is 153 g/mol. The van der Waals surface area contributed by atoms with Crippen LogP contribution in [0.25, 0.3) is 0 Å². The van der Waals surface area contributed by atoms with Crippen molar-refractivity contribution in [3.8, 4) is 0 Å². The summed E-state index contributed by atoms with van der Waals surface area (Å²) in [4.78, 5) is 13.0. The minimum absolute atomic E-state index is 0.0842. The summed E-state index contributed by atoms with van der Waals surface area (Å²) in [6.07, 6.45) is 3.75. The van der Waals surface area contributed by atoms with Gasteiger partial charge in [0, 0.05) is 13.1 Å². The molecule has 0 unspecified atom stereocenters. The maximum Gasteiger partial charge on any atom is 0.245 e. The van der Waals surface area contributed by atoms with Crippen molar-refractivity contribution in [2.45, 2.75) is 19.8 Å². The van der Waals surface area contributed by atoms with Crippen LogP contribution in [-0.4, -0.2) is 23.9 Å². The number of rotatable bonds is 2. The number of hydrogen-bond donors (Lipinski definition) is 0. The predicted octanol–water partition coefficient (Wildman–Crippen LogP) is 1.43. The summed E-state index contributed by atoms with van der Waals surface area (Å²) in [6.45, 7) is 7.49. The first kappa shape index (κ1) is 8.31. The largest absolute Gasteiger partial charge is 0.339 e. The molecule has 2 heteroatoms. The third kappa shape index (κ3) is 1.82. The van der Waals surface area contributed by atoms with Crippen molar-refractivity contribution in [3.05, 3.63) is 12.7 Å². The highest BCUT2D eigenvalue weighted by molar-refractivity contribution is 5.87. The van der Waals surface area contributed by atoms with Crippen molar-refractivity contribution in [1.82, 2.24) is 4.90 Å². The standard InChI is InChI=1S/C9H15NO/c1-3-8-5-6-10(7-8)9(11)4-2/h4,8H,2-3,5-7H2,1H3/t8-/m0/s1. The van der Waals surface area contributed by atoms with Gasteiger partial charge in [0.15, 0.2) is 0 Å². The highest BCUT2D eigenvalue weighted by atomic mass is 16.2. The lowest BCUT2D eigenvalue weighted by Crippen LogP contribution is -2.26. The highest BCUT2D eigenvalue weighted by Gasteiger charge is 2.22. The Bertz CT molecular complexity index is 165. The zero-order chi connectivity index (χ0) is 8.27.